The van der Waals surface area contributed by atoms with Gasteiger partial charge in [0.15, 0.2) is 17.5 Å². The van der Waals surface area contributed by atoms with Gasteiger partial charge in [-0.15, -0.1) is 11.3 Å². The summed E-state index contributed by atoms with van der Waals surface area (Å²) in [7, 11) is 0. The first kappa shape index (κ1) is 14.7. The Balaban J connectivity index is 1.87. The molecule has 0 unspecified atom stereocenters. The third-order valence-corrected chi connectivity index (χ3v) is 3.53. The van der Waals surface area contributed by atoms with Gasteiger partial charge in [-0.25, -0.2) is 4.98 Å². The van der Waals surface area contributed by atoms with Crippen molar-refractivity contribution in [2.75, 3.05) is 11.9 Å². The Morgan fingerprint density at radius 1 is 1.45 bits per heavy atom. The molecule has 104 valence electrons. The van der Waals surface area contributed by atoms with Gasteiger partial charge in [0.25, 0.3) is 5.91 Å². The molecular weight excluding hydrogens is 344 g/mol. The van der Waals surface area contributed by atoms with Gasteiger partial charge < -0.3 is 4.74 Å². The number of halogens is 1. The topological polar surface area (TPSA) is 68.3 Å². The third-order valence-electron chi connectivity index (χ3n) is 2.28. The minimum atomic E-state index is -0.325. The molecule has 0 aliphatic rings. The van der Waals surface area contributed by atoms with Gasteiger partial charge in [-0.2, -0.15) is 0 Å². The Bertz CT molecular complexity index is 642. The second kappa shape index (κ2) is 6.62. The average molecular weight is 355 g/mol. The highest BCUT2D eigenvalue weighted by Crippen LogP contribution is 2.18. The number of nitrogens with one attached hydrogen (secondary N) is 1. The van der Waals surface area contributed by atoms with Crippen LogP contribution in [0.5, 0.6) is 5.75 Å². The highest BCUT2D eigenvalue weighted by Gasteiger charge is 2.09. The fourth-order valence-electron chi connectivity index (χ4n) is 1.35. The van der Waals surface area contributed by atoms with Crippen LogP contribution in [0.15, 0.2) is 34.1 Å². The smallest absolute Gasteiger partial charge is 0.264 e. The molecule has 0 fully saturated rings. The Hall–Kier alpha value is -1.73. The van der Waals surface area contributed by atoms with Gasteiger partial charge in [0, 0.05) is 16.8 Å². The number of benzene rings is 1. The lowest BCUT2D eigenvalue weighted by molar-refractivity contribution is -0.118. The molecule has 1 amide bonds. The van der Waals surface area contributed by atoms with E-state index < -0.39 is 0 Å². The lowest BCUT2D eigenvalue weighted by Gasteiger charge is -2.05. The molecule has 0 aliphatic heterocycles. The van der Waals surface area contributed by atoms with E-state index in [2.05, 4.69) is 26.2 Å². The molecular formula is C13H11BrN2O3S. The number of ketones is 1. The number of thiazole rings is 1. The summed E-state index contributed by atoms with van der Waals surface area (Å²) < 4.78 is 6.22. The molecule has 2 rings (SSSR count). The molecule has 0 bridgehead atoms. The van der Waals surface area contributed by atoms with Gasteiger partial charge in [-0.1, -0.05) is 22.0 Å². The maximum absolute atomic E-state index is 11.7. The van der Waals surface area contributed by atoms with Crippen molar-refractivity contribution in [3.8, 4) is 5.75 Å². The van der Waals surface area contributed by atoms with Gasteiger partial charge >= 0.3 is 0 Å². The Morgan fingerprint density at radius 2 is 2.25 bits per heavy atom. The van der Waals surface area contributed by atoms with Crippen LogP contribution in [0.3, 0.4) is 0 Å². The number of Topliss-reactive ketones (excluding diaryl/α,β-unsaturated/α-hetero) is 1. The molecule has 0 aliphatic carbocycles. The Kier molecular flexibility index (Phi) is 4.86. The SMILES string of the molecule is CC(=O)c1csc(NC(=O)COc2cccc(Br)c2)n1. The van der Waals surface area contributed by atoms with Gasteiger partial charge in [0.2, 0.25) is 0 Å². The van der Waals surface area contributed by atoms with Gasteiger partial charge in [-0.05, 0) is 18.2 Å². The summed E-state index contributed by atoms with van der Waals surface area (Å²) in [6.45, 7) is 1.31. The number of rotatable bonds is 5. The van der Waals surface area contributed by atoms with Crippen molar-refractivity contribution < 1.29 is 14.3 Å². The average Bonchev–Trinajstić information content (AvgIpc) is 2.85. The van der Waals surface area contributed by atoms with E-state index in [1.165, 1.54) is 18.3 Å². The first-order valence-electron chi connectivity index (χ1n) is 5.69. The fourth-order valence-corrected chi connectivity index (χ4v) is 2.50. The third kappa shape index (κ3) is 4.14. The lowest BCUT2D eigenvalue weighted by Crippen LogP contribution is -2.20. The minimum Gasteiger partial charge on any atom is -0.484 e. The van der Waals surface area contributed by atoms with Crippen LogP contribution in [0.4, 0.5) is 5.13 Å². The summed E-state index contributed by atoms with van der Waals surface area (Å²) in [5.74, 6) is 0.139. The van der Waals surface area contributed by atoms with E-state index in [0.29, 0.717) is 16.6 Å². The van der Waals surface area contributed by atoms with Crippen molar-refractivity contribution in [2.45, 2.75) is 6.92 Å². The molecule has 2 aromatic rings. The van der Waals surface area contributed by atoms with Crippen LogP contribution in [-0.4, -0.2) is 23.3 Å². The van der Waals surface area contributed by atoms with Crippen LogP contribution >= 0.6 is 27.3 Å². The zero-order valence-electron chi connectivity index (χ0n) is 10.6. The van der Waals surface area contributed by atoms with Crippen LogP contribution in [0.2, 0.25) is 0 Å². The zero-order valence-corrected chi connectivity index (χ0v) is 13.0. The standard InChI is InChI=1S/C13H11BrN2O3S/c1-8(17)11-7-20-13(15-11)16-12(18)6-19-10-4-2-3-9(14)5-10/h2-5,7H,6H2,1H3,(H,15,16,18). The first-order chi connectivity index (χ1) is 9.54. The summed E-state index contributed by atoms with van der Waals surface area (Å²) in [5, 5.41) is 4.57. The van der Waals surface area contributed by atoms with E-state index in [4.69, 9.17) is 4.74 Å². The number of aromatic nitrogens is 1. The summed E-state index contributed by atoms with van der Waals surface area (Å²) in [6, 6.07) is 7.21. The zero-order chi connectivity index (χ0) is 14.5. The van der Waals surface area contributed by atoms with Gasteiger partial charge in [0.05, 0.1) is 0 Å². The lowest BCUT2D eigenvalue weighted by atomic mass is 10.3. The maximum Gasteiger partial charge on any atom is 0.264 e. The molecule has 1 aromatic carbocycles. The van der Waals surface area contributed by atoms with Crippen LogP contribution in [0.25, 0.3) is 0 Å². The predicted molar refractivity (Wildman–Crippen MR) is 80.4 cm³/mol. The van der Waals surface area contributed by atoms with Crippen molar-refractivity contribution in [3.05, 3.63) is 39.8 Å². The maximum atomic E-state index is 11.7. The monoisotopic (exact) mass is 354 g/mol. The number of nitrogens with zero attached hydrogens (tertiary/aromatic N) is 1. The van der Waals surface area contributed by atoms with Crippen LogP contribution in [-0.2, 0) is 4.79 Å². The summed E-state index contributed by atoms with van der Waals surface area (Å²) in [6.07, 6.45) is 0. The van der Waals surface area contributed by atoms with E-state index in [1.54, 1.807) is 17.5 Å². The molecule has 1 N–H and O–H groups in total. The number of carbonyl (C=O) groups excluding carboxylic acids is 2. The Labute approximate surface area is 128 Å². The van der Waals surface area contributed by atoms with E-state index in [-0.39, 0.29) is 18.3 Å². The molecule has 0 atom stereocenters. The molecule has 1 aromatic heterocycles. The van der Waals surface area contributed by atoms with Crippen LogP contribution in [0.1, 0.15) is 17.4 Å². The number of carbonyl (C=O) groups is 2. The van der Waals surface area contributed by atoms with E-state index in [1.807, 2.05) is 12.1 Å². The van der Waals surface area contributed by atoms with E-state index >= 15 is 0 Å². The quantitative estimate of drug-likeness (QED) is 0.837. The largest absolute Gasteiger partial charge is 0.484 e. The second-order valence-corrected chi connectivity index (χ2v) is 5.66. The van der Waals surface area contributed by atoms with Gasteiger partial charge in [0.1, 0.15) is 11.4 Å². The second-order valence-electron chi connectivity index (χ2n) is 3.89. The molecule has 0 radical (unpaired) electrons. The molecule has 7 heteroatoms. The number of amides is 1. The molecule has 5 nitrogen and oxygen atoms in total. The summed E-state index contributed by atoms with van der Waals surface area (Å²) in [4.78, 5) is 26.8. The first-order valence-corrected chi connectivity index (χ1v) is 7.36. The molecule has 20 heavy (non-hydrogen) atoms. The number of anilines is 1. The summed E-state index contributed by atoms with van der Waals surface area (Å²) >= 11 is 4.52. The predicted octanol–water partition coefficient (Wildman–Crippen LogP) is 3.13. The minimum absolute atomic E-state index is 0.120. The van der Waals surface area contributed by atoms with Crippen molar-refractivity contribution >= 4 is 44.1 Å². The van der Waals surface area contributed by atoms with Crippen molar-refractivity contribution in [3.63, 3.8) is 0 Å². The molecule has 1 heterocycles. The van der Waals surface area contributed by atoms with Crippen LogP contribution in [0, 0.1) is 0 Å². The van der Waals surface area contributed by atoms with Crippen LogP contribution < -0.4 is 10.1 Å². The number of hydrogen-bond donors (Lipinski definition) is 1. The van der Waals surface area contributed by atoms with E-state index in [9.17, 15) is 9.59 Å². The molecule has 0 saturated carbocycles. The fraction of sp³-hybridized carbons (Fsp3) is 0.154. The molecule has 0 saturated heterocycles. The van der Waals surface area contributed by atoms with Gasteiger partial charge in [-0.3, -0.25) is 14.9 Å². The summed E-state index contributed by atoms with van der Waals surface area (Å²) in [5.41, 5.74) is 0.346. The molecule has 0 spiro atoms. The number of hydrogen-bond acceptors (Lipinski definition) is 5. The van der Waals surface area contributed by atoms with Crippen molar-refractivity contribution in [2.24, 2.45) is 0 Å². The Morgan fingerprint density at radius 3 is 2.90 bits per heavy atom. The highest BCUT2D eigenvalue weighted by molar-refractivity contribution is 9.10. The van der Waals surface area contributed by atoms with Crippen molar-refractivity contribution in [1.82, 2.24) is 4.98 Å². The highest BCUT2D eigenvalue weighted by atomic mass is 79.9. The van der Waals surface area contributed by atoms with E-state index in [0.717, 1.165) is 4.47 Å². The van der Waals surface area contributed by atoms with Crippen molar-refractivity contribution in [1.29, 1.82) is 0 Å². The number of ether oxygens (including phenoxy) is 1. The normalized spacial score (nSPS) is 10.1.